The van der Waals surface area contributed by atoms with E-state index in [2.05, 4.69) is 0 Å². The van der Waals surface area contributed by atoms with Crippen LogP contribution in [0.5, 0.6) is 5.75 Å². The third kappa shape index (κ3) is 2.67. The van der Waals surface area contributed by atoms with Crippen LogP contribution < -0.4 is 10.5 Å². The average Bonchev–Trinajstić information content (AvgIpc) is 2.21. The van der Waals surface area contributed by atoms with E-state index in [0.29, 0.717) is 0 Å². The number of ether oxygens (including phenoxy) is 1. The molecule has 0 spiro atoms. The van der Waals surface area contributed by atoms with Crippen LogP contribution in [0.25, 0.3) is 0 Å². The lowest BCUT2D eigenvalue weighted by Gasteiger charge is -2.07. The van der Waals surface area contributed by atoms with Crippen LogP contribution in [0.3, 0.4) is 0 Å². The molecule has 0 saturated carbocycles. The highest BCUT2D eigenvalue weighted by atomic mass is 35.5. The SMILES string of the molecule is COc1cc(F)cc(C(=O)CCN)c1Cl. The van der Waals surface area contributed by atoms with Gasteiger partial charge in [-0.3, -0.25) is 4.79 Å². The fourth-order valence-electron chi connectivity index (χ4n) is 1.18. The maximum atomic E-state index is 13.1. The Hall–Kier alpha value is -1.13. The number of methoxy groups -OCH3 is 1. The summed E-state index contributed by atoms with van der Waals surface area (Å²) in [6, 6.07) is 2.21. The van der Waals surface area contributed by atoms with E-state index in [9.17, 15) is 9.18 Å². The van der Waals surface area contributed by atoms with Crippen molar-refractivity contribution in [1.29, 1.82) is 0 Å². The predicted octanol–water partition coefficient (Wildman–Crippen LogP) is 2.02. The number of carbonyl (C=O) groups is 1. The molecule has 0 unspecified atom stereocenters. The van der Waals surface area contributed by atoms with Crippen LogP contribution in [0.2, 0.25) is 5.02 Å². The van der Waals surface area contributed by atoms with Crippen molar-refractivity contribution in [1.82, 2.24) is 0 Å². The van der Waals surface area contributed by atoms with Gasteiger partial charge in [-0.05, 0) is 12.6 Å². The van der Waals surface area contributed by atoms with Gasteiger partial charge in [-0.2, -0.15) is 0 Å². The Labute approximate surface area is 92.0 Å². The number of rotatable bonds is 4. The summed E-state index contributed by atoms with van der Waals surface area (Å²) in [6.07, 6.45) is 0.131. The van der Waals surface area contributed by atoms with Crippen LogP contribution in [-0.2, 0) is 0 Å². The summed E-state index contributed by atoms with van der Waals surface area (Å²) in [4.78, 5) is 11.5. The molecular weight excluding hydrogens is 221 g/mol. The van der Waals surface area contributed by atoms with Gasteiger partial charge in [0.05, 0.1) is 12.1 Å². The first-order chi connectivity index (χ1) is 7.10. The minimum atomic E-state index is -0.559. The molecule has 2 N–H and O–H groups in total. The van der Waals surface area contributed by atoms with Crippen molar-refractivity contribution in [2.45, 2.75) is 6.42 Å². The second-order valence-electron chi connectivity index (χ2n) is 2.93. The highest BCUT2D eigenvalue weighted by Crippen LogP contribution is 2.29. The minimum absolute atomic E-state index is 0.110. The third-order valence-corrected chi connectivity index (χ3v) is 2.29. The van der Waals surface area contributed by atoms with Crippen LogP contribution in [-0.4, -0.2) is 19.4 Å². The Bertz CT molecular complexity index is 382. The molecule has 0 amide bonds. The van der Waals surface area contributed by atoms with Gasteiger partial charge in [-0.1, -0.05) is 11.6 Å². The maximum absolute atomic E-state index is 13.1. The molecule has 3 nitrogen and oxygen atoms in total. The summed E-state index contributed by atoms with van der Waals surface area (Å²) in [5.74, 6) is -0.700. The van der Waals surface area contributed by atoms with Gasteiger partial charge in [0, 0.05) is 18.1 Å². The topological polar surface area (TPSA) is 52.3 Å². The monoisotopic (exact) mass is 231 g/mol. The van der Waals surface area contributed by atoms with Crippen LogP contribution in [0.15, 0.2) is 12.1 Å². The Morgan fingerprint density at radius 1 is 1.60 bits per heavy atom. The molecular formula is C10H11ClFNO2. The number of Topliss-reactive ketones (excluding diaryl/α,β-unsaturated/α-hetero) is 1. The van der Waals surface area contributed by atoms with E-state index in [1.807, 2.05) is 0 Å². The van der Waals surface area contributed by atoms with Gasteiger partial charge in [0.1, 0.15) is 11.6 Å². The molecule has 5 heteroatoms. The van der Waals surface area contributed by atoms with Crippen LogP contribution in [0.4, 0.5) is 4.39 Å². The van der Waals surface area contributed by atoms with Crippen LogP contribution in [0, 0.1) is 5.82 Å². The zero-order valence-electron chi connectivity index (χ0n) is 8.22. The molecule has 0 aliphatic rings. The Morgan fingerprint density at radius 2 is 2.27 bits per heavy atom. The van der Waals surface area contributed by atoms with E-state index < -0.39 is 5.82 Å². The number of carbonyl (C=O) groups excluding carboxylic acids is 1. The number of halogens is 2. The molecule has 0 heterocycles. The van der Waals surface area contributed by atoms with Crippen molar-refractivity contribution in [2.75, 3.05) is 13.7 Å². The quantitative estimate of drug-likeness (QED) is 0.807. The number of hydrogen-bond acceptors (Lipinski definition) is 3. The lowest BCUT2D eigenvalue weighted by Crippen LogP contribution is -2.09. The van der Waals surface area contributed by atoms with Crippen LogP contribution >= 0.6 is 11.6 Å². The molecule has 1 rings (SSSR count). The average molecular weight is 232 g/mol. The molecule has 0 radical (unpaired) electrons. The molecule has 0 fully saturated rings. The highest BCUT2D eigenvalue weighted by molar-refractivity contribution is 6.35. The van der Waals surface area contributed by atoms with Crippen molar-refractivity contribution < 1.29 is 13.9 Å². The van der Waals surface area contributed by atoms with Crippen molar-refractivity contribution >= 4 is 17.4 Å². The lowest BCUT2D eigenvalue weighted by molar-refractivity contribution is 0.0985. The van der Waals surface area contributed by atoms with Gasteiger partial charge in [0.25, 0.3) is 0 Å². The van der Waals surface area contributed by atoms with Gasteiger partial charge in [0.15, 0.2) is 5.78 Å². The van der Waals surface area contributed by atoms with E-state index in [0.717, 1.165) is 12.1 Å². The second kappa shape index (κ2) is 5.09. The lowest BCUT2D eigenvalue weighted by atomic mass is 10.1. The van der Waals surface area contributed by atoms with E-state index in [1.54, 1.807) is 0 Å². The van der Waals surface area contributed by atoms with E-state index >= 15 is 0 Å². The molecule has 0 saturated heterocycles. The summed E-state index contributed by atoms with van der Waals surface area (Å²) >= 11 is 5.86. The molecule has 0 aliphatic heterocycles. The Balaban J connectivity index is 3.17. The zero-order chi connectivity index (χ0) is 11.4. The number of hydrogen-bond donors (Lipinski definition) is 1. The van der Waals surface area contributed by atoms with E-state index in [4.69, 9.17) is 22.1 Å². The summed E-state index contributed by atoms with van der Waals surface area (Å²) in [6.45, 7) is 0.202. The van der Waals surface area contributed by atoms with Gasteiger partial charge >= 0.3 is 0 Å². The van der Waals surface area contributed by atoms with Gasteiger partial charge < -0.3 is 10.5 Å². The summed E-state index contributed by atoms with van der Waals surface area (Å²) < 4.78 is 17.9. The van der Waals surface area contributed by atoms with Crippen molar-refractivity contribution in [3.05, 3.63) is 28.5 Å². The molecule has 0 bridgehead atoms. The first-order valence-corrected chi connectivity index (χ1v) is 4.74. The summed E-state index contributed by atoms with van der Waals surface area (Å²) in [5.41, 5.74) is 5.35. The second-order valence-corrected chi connectivity index (χ2v) is 3.31. The molecule has 15 heavy (non-hydrogen) atoms. The van der Waals surface area contributed by atoms with Crippen LogP contribution in [0.1, 0.15) is 16.8 Å². The number of ketones is 1. The predicted molar refractivity (Wildman–Crippen MR) is 56.0 cm³/mol. The highest BCUT2D eigenvalue weighted by Gasteiger charge is 2.15. The van der Waals surface area contributed by atoms with Crippen molar-refractivity contribution in [2.24, 2.45) is 5.73 Å². The third-order valence-electron chi connectivity index (χ3n) is 1.90. The van der Waals surface area contributed by atoms with E-state index in [1.165, 1.54) is 7.11 Å². The maximum Gasteiger partial charge on any atom is 0.165 e. The molecule has 0 aliphatic carbocycles. The summed E-state index contributed by atoms with van der Waals surface area (Å²) in [5, 5.41) is 0.123. The van der Waals surface area contributed by atoms with E-state index in [-0.39, 0.29) is 35.1 Å². The van der Waals surface area contributed by atoms with Crippen molar-refractivity contribution in [3.8, 4) is 5.75 Å². The Morgan fingerprint density at radius 3 is 2.80 bits per heavy atom. The molecule has 1 aromatic carbocycles. The standard InChI is InChI=1S/C10H11ClFNO2/c1-15-9-5-6(12)4-7(10(9)11)8(14)2-3-13/h4-5H,2-3,13H2,1H3. The first kappa shape index (κ1) is 11.9. The number of benzene rings is 1. The largest absolute Gasteiger partial charge is 0.495 e. The minimum Gasteiger partial charge on any atom is -0.495 e. The number of nitrogens with two attached hydrogens (primary N) is 1. The van der Waals surface area contributed by atoms with Gasteiger partial charge in [0.2, 0.25) is 0 Å². The Kier molecular flexibility index (Phi) is 4.05. The zero-order valence-corrected chi connectivity index (χ0v) is 8.97. The molecule has 0 aromatic heterocycles. The molecule has 82 valence electrons. The fraction of sp³-hybridized carbons (Fsp3) is 0.300. The molecule has 1 aromatic rings. The molecule has 0 atom stereocenters. The smallest absolute Gasteiger partial charge is 0.165 e. The van der Waals surface area contributed by atoms with Gasteiger partial charge in [-0.25, -0.2) is 4.39 Å². The van der Waals surface area contributed by atoms with Gasteiger partial charge in [-0.15, -0.1) is 0 Å². The summed E-state index contributed by atoms with van der Waals surface area (Å²) in [7, 11) is 1.36. The van der Waals surface area contributed by atoms with Crippen molar-refractivity contribution in [3.63, 3.8) is 0 Å². The first-order valence-electron chi connectivity index (χ1n) is 4.36. The fourth-order valence-corrected chi connectivity index (χ4v) is 1.47. The normalized spacial score (nSPS) is 10.1.